The smallest absolute Gasteiger partial charge is 0.408 e. The number of nitrogens with two attached hydrogens (primary N) is 1. The van der Waals surface area contributed by atoms with E-state index in [1.807, 2.05) is 36.4 Å². The van der Waals surface area contributed by atoms with E-state index in [0.29, 0.717) is 36.6 Å². The fraction of sp³-hybridized carbons (Fsp3) is 0.515. The molecule has 0 radical (unpaired) electrons. The number of hydrogen-bond donors (Lipinski definition) is 3. The summed E-state index contributed by atoms with van der Waals surface area (Å²) in [5.41, 5.74) is 6.14. The SMILES string of the molecule is CC(C)N(CCNC(=O)C1c2ccc(Oc3ccccc3)cc2CCN1C(=O)C(CC(N)=O)NC(=O)OC(C)(C)C)C(C)C. The Morgan fingerprint density at radius 2 is 1.66 bits per heavy atom. The van der Waals surface area contributed by atoms with Gasteiger partial charge >= 0.3 is 6.09 Å². The van der Waals surface area contributed by atoms with Crippen LogP contribution >= 0.6 is 0 Å². The zero-order chi connectivity index (χ0) is 32.6. The normalized spacial score (nSPS) is 15.5. The highest BCUT2D eigenvalue weighted by atomic mass is 16.6. The third kappa shape index (κ3) is 9.70. The molecule has 2 aromatic carbocycles. The van der Waals surface area contributed by atoms with Crippen molar-refractivity contribution in [1.29, 1.82) is 0 Å². The molecule has 0 bridgehead atoms. The Kier molecular flexibility index (Phi) is 11.8. The molecule has 0 aliphatic carbocycles. The van der Waals surface area contributed by atoms with Crippen LogP contribution in [0.15, 0.2) is 48.5 Å². The lowest BCUT2D eigenvalue weighted by molar-refractivity contribution is -0.143. The summed E-state index contributed by atoms with van der Waals surface area (Å²) in [6.07, 6.45) is -0.876. The average molecular weight is 610 g/mol. The van der Waals surface area contributed by atoms with E-state index in [0.717, 1.165) is 5.56 Å². The van der Waals surface area contributed by atoms with Crippen molar-refractivity contribution in [2.24, 2.45) is 5.73 Å². The standard InChI is InChI=1S/C33H47N5O6/c1-21(2)37(22(3)4)18-16-35-30(40)29-26-14-13-25(43-24-11-9-8-10-12-24)19-23(26)15-17-38(29)31(41)27(20-28(34)39)36-32(42)44-33(5,6)7/h8-14,19,21-22,27,29H,15-18,20H2,1-7H3,(H2,34,39)(H,35,40)(H,36,42). The number of benzene rings is 2. The lowest BCUT2D eigenvalue weighted by atomic mass is 9.90. The van der Waals surface area contributed by atoms with E-state index in [4.69, 9.17) is 15.2 Å². The third-order valence-electron chi connectivity index (χ3n) is 7.24. The Labute approximate surface area is 260 Å². The molecule has 2 unspecified atom stereocenters. The predicted octanol–water partition coefficient (Wildman–Crippen LogP) is 3.91. The lowest BCUT2D eigenvalue weighted by Crippen LogP contribution is -2.56. The fourth-order valence-corrected chi connectivity index (χ4v) is 5.38. The van der Waals surface area contributed by atoms with Gasteiger partial charge in [-0.2, -0.15) is 0 Å². The van der Waals surface area contributed by atoms with Gasteiger partial charge < -0.3 is 30.7 Å². The number of para-hydroxylation sites is 1. The number of carbonyl (C=O) groups is 4. The summed E-state index contributed by atoms with van der Waals surface area (Å²) in [6, 6.07) is 13.1. The summed E-state index contributed by atoms with van der Waals surface area (Å²) >= 11 is 0. The van der Waals surface area contributed by atoms with Crippen molar-refractivity contribution in [2.75, 3.05) is 19.6 Å². The molecule has 0 aromatic heterocycles. The summed E-state index contributed by atoms with van der Waals surface area (Å²) in [7, 11) is 0. The molecule has 0 spiro atoms. The number of ether oxygens (including phenoxy) is 2. The first-order valence-corrected chi connectivity index (χ1v) is 15.1. The molecule has 4 N–H and O–H groups in total. The minimum atomic E-state index is -1.31. The minimum Gasteiger partial charge on any atom is -0.457 e. The summed E-state index contributed by atoms with van der Waals surface area (Å²) in [5, 5.41) is 5.51. The number of rotatable bonds is 12. The van der Waals surface area contributed by atoms with Gasteiger partial charge in [0, 0.05) is 31.7 Å². The van der Waals surface area contributed by atoms with Gasteiger partial charge in [0.1, 0.15) is 29.2 Å². The Balaban J connectivity index is 1.92. The number of nitrogens with one attached hydrogen (secondary N) is 2. The van der Waals surface area contributed by atoms with Crippen LogP contribution in [-0.2, 0) is 25.5 Å². The van der Waals surface area contributed by atoms with E-state index in [9.17, 15) is 19.2 Å². The third-order valence-corrected chi connectivity index (χ3v) is 7.24. The van der Waals surface area contributed by atoms with Crippen LogP contribution in [0.25, 0.3) is 0 Å². The second kappa shape index (κ2) is 15.1. The highest BCUT2D eigenvalue weighted by Crippen LogP contribution is 2.34. The minimum absolute atomic E-state index is 0.175. The van der Waals surface area contributed by atoms with Gasteiger partial charge in [0.2, 0.25) is 17.7 Å². The molecular weight excluding hydrogens is 562 g/mol. The molecule has 4 amide bonds. The molecule has 1 aliphatic rings. The van der Waals surface area contributed by atoms with Gasteiger partial charge in [-0.05, 0) is 90.3 Å². The van der Waals surface area contributed by atoms with Crippen molar-refractivity contribution < 1.29 is 28.7 Å². The van der Waals surface area contributed by atoms with Gasteiger partial charge in [0.25, 0.3) is 0 Å². The van der Waals surface area contributed by atoms with Gasteiger partial charge in [-0.3, -0.25) is 19.3 Å². The number of carbonyl (C=O) groups excluding carboxylic acids is 4. The Hall–Kier alpha value is -4.12. The van der Waals surface area contributed by atoms with Crippen LogP contribution in [0.5, 0.6) is 11.5 Å². The van der Waals surface area contributed by atoms with Crippen molar-refractivity contribution in [3.05, 3.63) is 59.7 Å². The van der Waals surface area contributed by atoms with Crippen LogP contribution in [0.1, 0.15) is 72.1 Å². The van der Waals surface area contributed by atoms with Crippen LogP contribution in [0.2, 0.25) is 0 Å². The van der Waals surface area contributed by atoms with Crippen LogP contribution in [0.3, 0.4) is 0 Å². The van der Waals surface area contributed by atoms with Gasteiger partial charge in [0.15, 0.2) is 0 Å². The maximum atomic E-state index is 14.0. The van der Waals surface area contributed by atoms with Crippen molar-refractivity contribution in [1.82, 2.24) is 20.4 Å². The van der Waals surface area contributed by atoms with E-state index in [2.05, 4.69) is 43.2 Å². The van der Waals surface area contributed by atoms with E-state index >= 15 is 0 Å². The quantitative estimate of drug-likeness (QED) is 0.331. The van der Waals surface area contributed by atoms with Gasteiger partial charge in [-0.15, -0.1) is 0 Å². The lowest BCUT2D eigenvalue weighted by Gasteiger charge is -2.38. The molecule has 2 aromatic rings. The topological polar surface area (TPSA) is 143 Å². The van der Waals surface area contributed by atoms with Crippen molar-refractivity contribution in [3.8, 4) is 11.5 Å². The monoisotopic (exact) mass is 609 g/mol. The number of amides is 4. The first-order valence-electron chi connectivity index (χ1n) is 15.1. The van der Waals surface area contributed by atoms with E-state index in [1.165, 1.54) is 4.90 Å². The molecule has 240 valence electrons. The van der Waals surface area contributed by atoms with Gasteiger partial charge in [0.05, 0.1) is 6.42 Å². The second-order valence-corrected chi connectivity index (χ2v) is 12.5. The van der Waals surface area contributed by atoms with Crippen molar-refractivity contribution in [3.63, 3.8) is 0 Å². The van der Waals surface area contributed by atoms with Crippen LogP contribution < -0.4 is 21.1 Å². The first kappa shape index (κ1) is 34.4. The number of hydrogen-bond acceptors (Lipinski definition) is 7. The van der Waals surface area contributed by atoms with E-state index < -0.39 is 42.0 Å². The molecule has 1 heterocycles. The average Bonchev–Trinajstić information content (AvgIpc) is 2.92. The summed E-state index contributed by atoms with van der Waals surface area (Å²) in [6.45, 7) is 14.7. The molecule has 11 heteroatoms. The number of primary amides is 1. The number of alkyl carbamates (subject to hydrolysis) is 1. The molecule has 0 fully saturated rings. The highest BCUT2D eigenvalue weighted by molar-refractivity contribution is 5.95. The van der Waals surface area contributed by atoms with E-state index in [1.54, 1.807) is 32.9 Å². The molecule has 11 nitrogen and oxygen atoms in total. The van der Waals surface area contributed by atoms with Crippen molar-refractivity contribution in [2.45, 2.75) is 91.1 Å². The summed E-state index contributed by atoms with van der Waals surface area (Å²) < 4.78 is 11.3. The van der Waals surface area contributed by atoms with Crippen molar-refractivity contribution >= 4 is 23.8 Å². The Morgan fingerprint density at radius 1 is 1.00 bits per heavy atom. The Morgan fingerprint density at radius 3 is 2.25 bits per heavy atom. The fourth-order valence-electron chi connectivity index (χ4n) is 5.38. The molecule has 0 saturated carbocycles. The van der Waals surface area contributed by atoms with Crippen LogP contribution in [0, 0.1) is 0 Å². The maximum Gasteiger partial charge on any atom is 0.408 e. The molecule has 3 rings (SSSR count). The Bertz CT molecular complexity index is 1300. The molecule has 0 saturated heterocycles. The molecule has 2 atom stereocenters. The van der Waals surface area contributed by atoms with E-state index in [-0.39, 0.29) is 24.5 Å². The largest absolute Gasteiger partial charge is 0.457 e. The summed E-state index contributed by atoms with van der Waals surface area (Å²) in [5.74, 6) is -0.453. The summed E-state index contributed by atoms with van der Waals surface area (Å²) in [4.78, 5) is 56.0. The van der Waals surface area contributed by atoms with Gasteiger partial charge in [-0.1, -0.05) is 24.3 Å². The van der Waals surface area contributed by atoms with Crippen LogP contribution in [-0.4, -0.2) is 77.0 Å². The molecule has 1 aliphatic heterocycles. The van der Waals surface area contributed by atoms with Gasteiger partial charge in [-0.25, -0.2) is 4.79 Å². The second-order valence-electron chi connectivity index (χ2n) is 12.5. The zero-order valence-electron chi connectivity index (χ0n) is 26.9. The number of fused-ring (bicyclic) bond motifs is 1. The molecular formula is C33H47N5O6. The predicted molar refractivity (Wildman–Crippen MR) is 168 cm³/mol. The zero-order valence-corrected chi connectivity index (χ0v) is 26.9. The maximum absolute atomic E-state index is 14.0. The van der Waals surface area contributed by atoms with Crippen LogP contribution in [0.4, 0.5) is 4.79 Å². The molecule has 44 heavy (non-hydrogen) atoms. The first-order chi connectivity index (χ1) is 20.7. The number of nitrogens with zero attached hydrogens (tertiary/aromatic N) is 2. The highest BCUT2D eigenvalue weighted by Gasteiger charge is 2.40.